The van der Waals surface area contributed by atoms with Crippen molar-refractivity contribution in [2.45, 2.75) is 26.3 Å². The maximum absolute atomic E-state index is 4.86. The standard InChI is InChI=1S/C21H20N4/c1-12-9-13(2)19-15(10-12)14-7-8-22-21(20(14)25-19)18-11-23-16-5-3-4-6-17(16)24-18/h3-6,9-11,21-22,25H,7-8H2,1-2H3. The first-order valence-electron chi connectivity index (χ1n) is 8.77. The number of rotatable bonds is 1. The summed E-state index contributed by atoms with van der Waals surface area (Å²) in [6.45, 7) is 5.29. The molecule has 2 N–H and O–H groups in total. The number of para-hydroxylation sites is 2. The molecule has 4 nitrogen and oxygen atoms in total. The average Bonchev–Trinajstić information content (AvgIpc) is 3.00. The molecule has 0 aliphatic carbocycles. The quantitative estimate of drug-likeness (QED) is 0.556. The topological polar surface area (TPSA) is 53.6 Å². The van der Waals surface area contributed by atoms with Gasteiger partial charge in [0.1, 0.15) is 0 Å². The summed E-state index contributed by atoms with van der Waals surface area (Å²) in [5, 5.41) is 4.97. The largest absolute Gasteiger partial charge is 0.356 e. The van der Waals surface area contributed by atoms with Gasteiger partial charge in [-0.05, 0) is 49.6 Å². The Kier molecular flexibility index (Phi) is 3.15. The van der Waals surface area contributed by atoms with E-state index in [2.05, 4.69) is 41.3 Å². The molecule has 1 aliphatic rings. The first-order valence-corrected chi connectivity index (χ1v) is 8.77. The Bertz CT molecular complexity index is 1110. The van der Waals surface area contributed by atoms with Crippen LogP contribution in [0.3, 0.4) is 0 Å². The first kappa shape index (κ1) is 14.6. The van der Waals surface area contributed by atoms with Gasteiger partial charge in [-0.25, -0.2) is 4.98 Å². The predicted octanol–water partition coefficient (Wildman–Crippen LogP) is 3.96. The van der Waals surface area contributed by atoms with Gasteiger partial charge < -0.3 is 10.3 Å². The van der Waals surface area contributed by atoms with Gasteiger partial charge in [0, 0.05) is 23.1 Å². The van der Waals surface area contributed by atoms with E-state index in [0.29, 0.717) is 0 Å². The fourth-order valence-corrected chi connectivity index (χ4v) is 4.05. The Morgan fingerprint density at radius 3 is 2.80 bits per heavy atom. The van der Waals surface area contributed by atoms with Crippen LogP contribution in [0.1, 0.15) is 34.1 Å². The molecule has 4 heteroatoms. The molecule has 0 saturated heterocycles. The molecule has 2 aromatic carbocycles. The van der Waals surface area contributed by atoms with E-state index in [4.69, 9.17) is 4.98 Å². The highest BCUT2D eigenvalue weighted by Crippen LogP contribution is 2.34. The fraction of sp³-hybridized carbons (Fsp3) is 0.238. The summed E-state index contributed by atoms with van der Waals surface area (Å²) in [5.41, 5.74) is 9.36. The number of aromatic amines is 1. The second-order valence-electron chi connectivity index (χ2n) is 6.94. The molecule has 5 rings (SSSR count). The van der Waals surface area contributed by atoms with E-state index >= 15 is 0 Å². The monoisotopic (exact) mass is 328 g/mol. The van der Waals surface area contributed by atoms with Gasteiger partial charge in [-0.2, -0.15) is 0 Å². The number of hydrogen-bond acceptors (Lipinski definition) is 3. The van der Waals surface area contributed by atoms with Crippen LogP contribution in [-0.2, 0) is 6.42 Å². The Morgan fingerprint density at radius 2 is 1.92 bits per heavy atom. The van der Waals surface area contributed by atoms with Crippen molar-refractivity contribution in [3.63, 3.8) is 0 Å². The molecule has 0 saturated carbocycles. The van der Waals surface area contributed by atoms with Gasteiger partial charge in [-0.3, -0.25) is 4.98 Å². The van der Waals surface area contributed by atoms with Gasteiger partial charge in [-0.1, -0.05) is 23.8 Å². The summed E-state index contributed by atoms with van der Waals surface area (Å²) in [7, 11) is 0. The van der Waals surface area contributed by atoms with Crippen LogP contribution < -0.4 is 5.32 Å². The van der Waals surface area contributed by atoms with Crippen molar-refractivity contribution < 1.29 is 0 Å². The van der Waals surface area contributed by atoms with Crippen molar-refractivity contribution in [3.05, 3.63) is 70.7 Å². The molecule has 2 aromatic heterocycles. The van der Waals surface area contributed by atoms with E-state index in [0.717, 1.165) is 29.7 Å². The van der Waals surface area contributed by atoms with Crippen molar-refractivity contribution in [1.82, 2.24) is 20.3 Å². The zero-order valence-corrected chi connectivity index (χ0v) is 14.4. The van der Waals surface area contributed by atoms with Gasteiger partial charge in [0.15, 0.2) is 0 Å². The summed E-state index contributed by atoms with van der Waals surface area (Å²) in [6.07, 6.45) is 2.94. The molecule has 0 fully saturated rings. The van der Waals surface area contributed by atoms with Crippen LogP contribution in [-0.4, -0.2) is 21.5 Å². The summed E-state index contributed by atoms with van der Waals surface area (Å²) >= 11 is 0. The highest BCUT2D eigenvalue weighted by molar-refractivity contribution is 5.88. The number of aryl methyl sites for hydroxylation is 2. The Morgan fingerprint density at radius 1 is 1.08 bits per heavy atom. The number of H-pyrrole nitrogens is 1. The van der Waals surface area contributed by atoms with Gasteiger partial charge >= 0.3 is 0 Å². The van der Waals surface area contributed by atoms with Crippen molar-refractivity contribution >= 4 is 21.9 Å². The van der Waals surface area contributed by atoms with Gasteiger partial charge in [0.25, 0.3) is 0 Å². The van der Waals surface area contributed by atoms with E-state index in [1.807, 2.05) is 30.5 Å². The zero-order chi connectivity index (χ0) is 17.0. The number of aromatic nitrogens is 3. The first-order chi connectivity index (χ1) is 12.2. The third-order valence-corrected chi connectivity index (χ3v) is 5.16. The van der Waals surface area contributed by atoms with Crippen LogP contribution in [0.5, 0.6) is 0 Å². The minimum atomic E-state index is 0.0629. The number of nitrogens with zero attached hydrogens (tertiary/aromatic N) is 2. The molecule has 124 valence electrons. The number of nitrogens with one attached hydrogen (secondary N) is 2. The van der Waals surface area contributed by atoms with Crippen molar-refractivity contribution in [1.29, 1.82) is 0 Å². The second-order valence-corrected chi connectivity index (χ2v) is 6.94. The molecule has 1 aliphatic heterocycles. The maximum Gasteiger partial charge on any atom is 0.0922 e. The van der Waals surface area contributed by atoms with Gasteiger partial charge in [0.2, 0.25) is 0 Å². The molecule has 4 aromatic rings. The second kappa shape index (κ2) is 5.39. The molecule has 0 spiro atoms. The summed E-state index contributed by atoms with van der Waals surface area (Å²) in [6, 6.07) is 12.6. The molecular weight excluding hydrogens is 308 g/mol. The van der Waals surface area contributed by atoms with Crippen molar-refractivity contribution in [2.75, 3.05) is 6.54 Å². The van der Waals surface area contributed by atoms with Crippen LogP contribution >= 0.6 is 0 Å². The number of fused-ring (bicyclic) bond motifs is 4. The minimum absolute atomic E-state index is 0.0629. The van der Waals surface area contributed by atoms with E-state index in [9.17, 15) is 0 Å². The van der Waals surface area contributed by atoms with E-state index in [-0.39, 0.29) is 6.04 Å². The predicted molar refractivity (Wildman–Crippen MR) is 101 cm³/mol. The average molecular weight is 328 g/mol. The molecule has 0 radical (unpaired) electrons. The Labute approximate surface area is 146 Å². The van der Waals surface area contributed by atoms with Crippen LogP contribution in [0.4, 0.5) is 0 Å². The molecule has 3 heterocycles. The molecule has 0 bridgehead atoms. The molecule has 1 unspecified atom stereocenters. The maximum atomic E-state index is 4.86. The summed E-state index contributed by atoms with van der Waals surface area (Å²) in [4.78, 5) is 13.1. The minimum Gasteiger partial charge on any atom is -0.356 e. The Hall–Kier alpha value is -2.72. The number of benzene rings is 2. The Balaban J connectivity index is 1.70. The molecular formula is C21H20N4. The van der Waals surface area contributed by atoms with E-state index < -0.39 is 0 Å². The summed E-state index contributed by atoms with van der Waals surface area (Å²) < 4.78 is 0. The van der Waals surface area contributed by atoms with Crippen LogP contribution in [0.15, 0.2) is 42.6 Å². The van der Waals surface area contributed by atoms with Crippen molar-refractivity contribution in [2.24, 2.45) is 0 Å². The third-order valence-electron chi connectivity index (χ3n) is 5.16. The SMILES string of the molecule is Cc1cc(C)c2[nH]c3c(c2c1)CCNC3c1cnc2ccccc2n1. The zero-order valence-electron chi connectivity index (χ0n) is 14.4. The lowest BCUT2D eigenvalue weighted by molar-refractivity contribution is 0.549. The lowest BCUT2D eigenvalue weighted by Crippen LogP contribution is -2.31. The third kappa shape index (κ3) is 2.25. The highest BCUT2D eigenvalue weighted by Gasteiger charge is 2.27. The van der Waals surface area contributed by atoms with Crippen LogP contribution in [0.25, 0.3) is 21.9 Å². The van der Waals surface area contributed by atoms with Crippen molar-refractivity contribution in [3.8, 4) is 0 Å². The van der Waals surface area contributed by atoms with E-state index in [1.54, 1.807) is 0 Å². The summed E-state index contributed by atoms with van der Waals surface area (Å²) in [5.74, 6) is 0. The molecule has 1 atom stereocenters. The van der Waals surface area contributed by atoms with Crippen LogP contribution in [0, 0.1) is 13.8 Å². The lowest BCUT2D eigenvalue weighted by Gasteiger charge is -2.24. The number of hydrogen-bond donors (Lipinski definition) is 2. The fourth-order valence-electron chi connectivity index (χ4n) is 4.05. The molecule has 0 amide bonds. The highest BCUT2D eigenvalue weighted by atomic mass is 15.0. The molecule has 25 heavy (non-hydrogen) atoms. The van der Waals surface area contributed by atoms with Gasteiger partial charge in [0.05, 0.1) is 29.0 Å². The van der Waals surface area contributed by atoms with E-state index in [1.165, 1.54) is 33.3 Å². The van der Waals surface area contributed by atoms with Crippen LogP contribution in [0.2, 0.25) is 0 Å². The smallest absolute Gasteiger partial charge is 0.0922 e. The normalized spacial score (nSPS) is 17.1. The van der Waals surface area contributed by atoms with Gasteiger partial charge in [-0.15, -0.1) is 0 Å². The lowest BCUT2D eigenvalue weighted by atomic mass is 9.96.